The summed E-state index contributed by atoms with van der Waals surface area (Å²) in [6, 6.07) is 5.69. The van der Waals surface area contributed by atoms with E-state index < -0.39 is 0 Å². The highest BCUT2D eigenvalue weighted by Gasteiger charge is 2.17. The molecule has 18 heavy (non-hydrogen) atoms. The van der Waals surface area contributed by atoms with Crippen LogP contribution in [0.15, 0.2) is 18.2 Å². The molecule has 1 unspecified atom stereocenters. The summed E-state index contributed by atoms with van der Waals surface area (Å²) in [6.07, 6.45) is 1.75. The van der Waals surface area contributed by atoms with E-state index in [0.717, 1.165) is 18.4 Å². The number of hydrogen-bond acceptors (Lipinski definition) is 3. The normalized spacial score (nSPS) is 12.0. The summed E-state index contributed by atoms with van der Waals surface area (Å²) in [5, 5.41) is 2.89. The Bertz CT molecular complexity index is 405. The van der Waals surface area contributed by atoms with Crippen molar-refractivity contribution in [2.24, 2.45) is 11.7 Å². The van der Waals surface area contributed by atoms with Gasteiger partial charge < -0.3 is 15.8 Å². The van der Waals surface area contributed by atoms with Gasteiger partial charge in [0.25, 0.3) is 0 Å². The number of carbonyl (C=O) groups is 1. The van der Waals surface area contributed by atoms with Crippen LogP contribution < -0.4 is 15.8 Å². The van der Waals surface area contributed by atoms with Gasteiger partial charge in [0.1, 0.15) is 5.75 Å². The molecule has 0 radical (unpaired) electrons. The molecule has 0 saturated carbocycles. The first kappa shape index (κ1) is 14.5. The van der Waals surface area contributed by atoms with Crippen LogP contribution in [-0.2, 0) is 4.79 Å². The minimum absolute atomic E-state index is 0.0387. The lowest BCUT2D eigenvalue weighted by molar-refractivity contribution is -0.119. The zero-order chi connectivity index (χ0) is 13.5. The fourth-order valence-electron chi connectivity index (χ4n) is 1.86. The van der Waals surface area contributed by atoms with Crippen LogP contribution >= 0.6 is 0 Å². The maximum atomic E-state index is 12.1. The van der Waals surface area contributed by atoms with E-state index in [1.165, 1.54) is 0 Å². The van der Waals surface area contributed by atoms with E-state index in [2.05, 4.69) is 5.32 Å². The Labute approximate surface area is 109 Å². The lowest BCUT2D eigenvalue weighted by Gasteiger charge is -2.16. The second-order valence-electron chi connectivity index (χ2n) is 4.41. The number of nitrogens with one attached hydrogen (secondary N) is 1. The van der Waals surface area contributed by atoms with Gasteiger partial charge in [0, 0.05) is 6.54 Å². The summed E-state index contributed by atoms with van der Waals surface area (Å²) in [6.45, 7) is 4.39. The van der Waals surface area contributed by atoms with Crippen molar-refractivity contribution < 1.29 is 9.53 Å². The summed E-state index contributed by atoms with van der Waals surface area (Å²) < 4.78 is 5.23. The van der Waals surface area contributed by atoms with Crippen LogP contribution in [0.1, 0.15) is 25.3 Å². The van der Waals surface area contributed by atoms with Crippen molar-refractivity contribution in [1.82, 2.24) is 0 Å². The van der Waals surface area contributed by atoms with Crippen LogP contribution in [0.3, 0.4) is 0 Å². The molecule has 3 N–H and O–H groups in total. The van der Waals surface area contributed by atoms with Gasteiger partial charge in [0.15, 0.2) is 0 Å². The number of carbonyl (C=O) groups excluding carboxylic acids is 1. The van der Waals surface area contributed by atoms with Crippen molar-refractivity contribution in [3.8, 4) is 5.75 Å². The molecule has 1 amide bonds. The van der Waals surface area contributed by atoms with E-state index in [0.29, 0.717) is 18.0 Å². The standard InChI is InChI=1S/C14H22N2O2/c1-4-5-11(9-15)14(17)16-12-8-10(2)6-7-13(12)18-3/h6-8,11H,4-5,9,15H2,1-3H3,(H,16,17). The smallest absolute Gasteiger partial charge is 0.228 e. The number of aryl methyl sites for hydroxylation is 1. The molecule has 1 rings (SSSR count). The predicted molar refractivity (Wildman–Crippen MR) is 73.8 cm³/mol. The summed E-state index contributed by atoms with van der Waals surface area (Å²) in [4.78, 5) is 12.1. The molecule has 0 saturated heterocycles. The Morgan fingerprint density at radius 2 is 2.22 bits per heavy atom. The molecule has 0 heterocycles. The SMILES string of the molecule is CCCC(CN)C(=O)Nc1cc(C)ccc1OC. The predicted octanol–water partition coefficient (Wildman–Crippen LogP) is 2.32. The van der Waals surface area contributed by atoms with Crippen molar-refractivity contribution in [1.29, 1.82) is 0 Å². The molecule has 1 aromatic carbocycles. The molecule has 0 aliphatic heterocycles. The molecule has 0 aromatic heterocycles. The molecular formula is C14H22N2O2. The van der Waals surface area contributed by atoms with Gasteiger partial charge >= 0.3 is 0 Å². The highest BCUT2D eigenvalue weighted by atomic mass is 16.5. The number of rotatable bonds is 6. The Balaban J connectivity index is 2.82. The molecule has 0 bridgehead atoms. The molecular weight excluding hydrogens is 228 g/mol. The molecule has 0 aliphatic carbocycles. The van der Waals surface area contributed by atoms with Crippen LogP contribution in [0.25, 0.3) is 0 Å². The minimum Gasteiger partial charge on any atom is -0.495 e. The molecule has 0 fully saturated rings. The summed E-state index contributed by atoms with van der Waals surface area (Å²) in [5.41, 5.74) is 7.40. The largest absolute Gasteiger partial charge is 0.495 e. The van der Waals surface area contributed by atoms with E-state index in [-0.39, 0.29) is 11.8 Å². The molecule has 1 atom stereocenters. The monoisotopic (exact) mass is 250 g/mol. The summed E-state index contributed by atoms with van der Waals surface area (Å²) in [7, 11) is 1.59. The average molecular weight is 250 g/mol. The van der Waals surface area contributed by atoms with Gasteiger partial charge in [-0.15, -0.1) is 0 Å². The first-order valence-corrected chi connectivity index (χ1v) is 6.28. The number of amides is 1. The second-order valence-corrected chi connectivity index (χ2v) is 4.41. The fourth-order valence-corrected chi connectivity index (χ4v) is 1.86. The quantitative estimate of drug-likeness (QED) is 0.814. The molecule has 4 heteroatoms. The summed E-state index contributed by atoms with van der Waals surface area (Å²) >= 11 is 0. The third-order valence-corrected chi connectivity index (χ3v) is 2.91. The Morgan fingerprint density at radius 3 is 2.78 bits per heavy atom. The average Bonchev–Trinajstić information content (AvgIpc) is 2.36. The zero-order valence-corrected chi connectivity index (χ0v) is 11.3. The molecule has 0 spiro atoms. The first-order chi connectivity index (χ1) is 8.62. The minimum atomic E-state index is -0.139. The highest BCUT2D eigenvalue weighted by Crippen LogP contribution is 2.25. The van der Waals surface area contributed by atoms with Crippen molar-refractivity contribution in [3.63, 3.8) is 0 Å². The Kier molecular flexibility index (Phi) is 5.65. The lowest BCUT2D eigenvalue weighted by atomic mass is 10.0. The number of anilines is 1. The second kappa shape index (κ2) is 7.01. The molecule has 0 aliphatic rings. The van der Waals surface area contributed by atoms with Crippen LogP contribution in [0.4, 0.5) is 5.69 Å². The Morgan fingerprint density at radius 1 is 1.50 bits per heavy atom. The van der Waals surface area contributed by atoms with Gasteiger partial charge in [-0.2, -0.15) is 0 Å². The van der Waals surface area contributed by atoms with Gasteiger partial charge in [-0.05, 0) is 31.0 Å². The summed E-state index contributed by atoms with van der Waals surface area (Å²) in [5.74, 6) is 0.490. The van der Waals surface area contributed by atoms with Crippen molar-refractivity contribution in [2.75, 3.05) is 19.0 Å². The number of ether oxygens (including phenoxy) is 1. The fraction of sp³-hybridized carbons (Fsp3) is 0.500. The number of nitrogens with two attached hydrogens (primary N) is 1. The van der Waals surface area contributed by atoms with Gasteiger partial charge in [-0.25, -0.2) is 0 Å². The van der Waals surface area contributed by atoms with Crippen LogP contribution in [0.2, 0.25) is 0 Å². The zero-order valence-electron chi connectivity index (χ0n) is 11.3. The van der Waals surface area contributed by atoms with Crippen LogP contribution in [0.5, 0.6) is 5.75 Å². The Hall–Kier alpha value is -1.55. The van der Waals surface area contributed by atoms with E-state index in [1.807, 2.05) is 32.0 Å². The number of hydrogen-bond donors (Lipinski definition) is 2. The van der Waals surface area contributed by atoms with Gasteiger partial charge in [-0.1, -0.05) is 19.4 Å². The van der Waals surface area contributed by atoms with Crippen molar-refractivity contribution in [3.05, 3.63) is 23.8 Å². The van der Waals surface area contributed by atoms with Gasteiger partial charge in [0.05, 0.1) is 18.7 Å². The van der Waals surface area contributed by atoms with Crippen molar-refractivity contribution in [2.45, 2.75) is 26.7 Å². The molecule has 4 nitrogen and oxygen atoms in total. The molecule has 100 valence electrons. The van der Waals surface area contributed by atoms with E-state index in [1.54, 1.807) is 7.11 Å². The van der Waals surface area contributed by atoms with Crippen molar-refractivity contribution >= 4 is 11.6 Å². The highest BCUT2D eigenvalue weighted by molar-refractivity contribution is 5.94. The molecule has 1 aromatic rings. The number of benzene rings is 1. The topological polar surface area (TPSA) is 64.4 Å². The van der Waals surface area contributed by atoms with E-state index in [9.17, 15) is 4.79 Å². The third kappa shape index (κ3) is 3.74. The van der Waals surface area contributed by atoms with Gasteiger partial charge in [-0.3, -0.25) is 4.79 Å². The first-order valence-electron chi connectivity index (χ1n) is 6.28. The van der Waals surface area contributed by atoms with Crippen LogP contribution in [-0.4, -0.2) is 19.6 Å². The maximum Gasteiger partial charge on any atom is 0.228 e. The maximum absolute atomic E-state index is 12.1. The lowest BCUT2D eigenvalue weighted by Crippen LogP contribution is -2.29. The third-order valence-electron chi connectivity index (χ3n) is 2.91. The van der Waals surface area contributed by atoms with Crippen LogP contribution in [0, 0.1) is 12.8 Å². The van der Waals surface area contributed by atoms with Gasteiger partial charge in [0.2, 0.25) is 5.91 Å². The van der Waals surface area contributed by atoms with E-state index in [4.69, 9.17) is 10.5 Å². The van der Waals surface area contributed by atoms with E-state index >= 15 is 0 Å². The number of methoxy groups -OCH3 is 1.